The van der Waals surface area contributed by atoms with E-state index in [2.05, 4.69) is 5.32 Å². The summed E-state index contributed by atoms with van der Waals surface area (Å²) in [6, 6.07) is 16.1. The number of alkyl carbamates (subject to hydrolysis) is 1. The Morgan fingerprint density at radius 1 is 0.970 bits per heavy atom. The van der Waals surface area contributed by atoms with Crippen molar-refractivity contribution in [2.45, 2.75) is 46.9 Å². The van der Waals surface area contributed by atoms with Gasteiger partial charge in [-0.25, -0.2) is 21.6 Å². The van der Waals surface area contributed by atoms with Crippen LogP contribution in [-0.4, -0.2) is 34.8 Å². The molecular formula is C23H25NO6S3. The van der Waals surface area contributed by atoms with Crippen molar-refractivity contribution in [1.82, 2.24) is 5.32 Å². The number of carbonyl (C=O) groups is 1. The maximum Gasteiger partial charge on any atom is 0.407 e. The van der Waals surface area contributed by atoms with E-state index in [-0.39, 0.29) is 20.5 Å². The average molecular weight is 508 g/mol. The zero-order valence-electron chi connectivity index (χ0n) is 18.7. The van der Waals surface area contributed by atoms with Crippen LogP contribution in [0.2, 0.25) is 0 Å². The fourth-order valence-electron chi connectivity index (χ4n) is 3.02. The lowest BCUT2D eigenvalue weighted by Gasteiger charge is -2.19. The van der Waals surface area contributed by atoms with Gasteiger partial charge in [-0.05, 0) is 50.6 Å². The third kappa shape index (κ3) is 6.21. The molecule has 1 N–H and O–H groups in total. The molecule has 33 heavy (non-hydrogen) atoms. The van der Waals surface area contributed by atoms with Gasteiger partial charge in [0.2, 0.25) is 9.84 Å². The predicted molar refractivity (Wildman–Crippen MR) is 128 cm³/mol. The molecule has 10 heteroatoms. The molecule has 0 aliphatic rings. The number of hydrogen-bond acceptors (Lipinski definition) is 7. The molecule has 0 radical (unpaired) electrons. The van der Waals surface area contributed by atoms with Gasteiger partial charge in [0.1, 0.15) is 9.81 Å². The number of ether oxygens (including phenoxy) is 1. The van der Waals surface area contributed by atoms with Crippen LogP contribution in [0, 0.1) is 0 Å². The molecule has 2 aromatic carbocycles. The van der Waals surface area contributed by atoms with Crippen molar-refractivity contribution in [3.8, 4) is 11.1 Å². The van der Waals surface area contributed by atoms with Gasteiger partial charge in [0, 0.05) is 16.7 Å². The van der Waals surface area contributed by atoms with Crippen LogP contribution in [0.4, 0.5) is 4.79 Å². The van der Waals surface area contributed by atoms with Crippen molar-refractivity contribution in [3.05, 3.63) is 65.5 Å². The van der Waals surface area contributed by atoms with E-state index < -0.39 is 31.4 Å². The van der Waals surface area contributed by atoms with E-state index in [1.165, 1.54) is 24.3 Å². The first-order valence-corrected chi connectivity index (χ1v) is 14.2. The van der Waals surface area contributed by atoms with Gasteiger partial charge in [-0.15, -0.1) is 11.3 Å². The Bertz CT molecular complexity index is 1370. The molecule has 0 fully saturated rings. The van der Waals surface area contributed by atoms with Gasteiger partial charge in [0.15, 0.2) is 9.84 Å². The van der Waals surface area contributed by atoms with Crippen LogP contribution in [0.3, 0.4) is 0 Å². The zero-order chi connectivity index (χ0) is 24.4. The highest BCUT2D eigenvalue weighted by atomic mass is 32.2. The number of thiophene rings is 1. The topological polar surface area (TPSA) is 107 Å². The van der Waals surface area contributed by atoms with Crippen LogP contribution >= 0.6 is 11.3 Å². The summed E-state index contributed by atoms with van der Waals surface area (Å²) < 4.78 is 56.5. The van der Waals surface area contributed by atoms with Crippen molar-refractivity contribution in [3.63, 3.8) is 0 Å². The highest BCUT2D eigenvalue weighted by Crippen LogP contribution is 2.33. The van der Waals surface area contributed by atoms with Gasteiger partial charge >= 0.3 is 6.09 Å². The van der Waals surface area contributed by atoms with Gasteiger partial charge in [0.05, 0.1) is 16.3 Å². The quantitative estimate of drug-likeness (QED) is 0.519. The highest BCUT2D eigenvalue weighted by molar-refractivity contribution is 7.93. The minimum absolute atomic E-state index is 0.0513. The van der Waals surface area contributed by atoms with E-state index in [0.717, 1.165) is 17.6 Å². The molecule has 7 nitrogen and oxygen atoms in total. The van der Waals surface area contributed by atoms with Crippen LogP contribution in [0.1, 0.15) is 25.6 Å². The summed E-state index contributed by atoms with van der Waals surface area (Å²) in [5.41, 5.74) is 0.469. The molecule has 1 heterocycles. The fraction of sp³-hybridized carbons (Fsp3) is 0.261. The largest absolute Gasteiger partial charge is 0.444 e. The summed E-state index contributed by atoms with van der Waals surface area (Å²) in [7, 11) is -7.65. The first-order valence-electron chi connectivity index (χ1n) is 9.97. The molecule has 0 atom stereocenters. The van der Waals surface area contributed by atoms with Crippen LogP contribution in [0.5, 0.6) is 0 Å². The van der Waals surface area contributed by atoms with Gasteiger partial charge in [-0.3, -0.25) is 0 Å². The van der Waals surface area contributed by atoms with Crippen molar-refractivity contribution in [2.24, 2.45) is 0 Å². The number of sulfone groups is 2. The van der Waals surface area contributed by atoms with Crippen LogP contribution in [0.15, 0.2) is 74.7 Å². The van der Waals surface area contributed by atoms with Crippen LogP contribution < -0.4 is 5.32 Å². The molecule has 3 aromatic rings. The zero-order valence-corrected chi connectivity index (χ0v) is 21.1. The number of carbonyl (C=O) groups excluding carboxylic acids is 1. The van der Waals surface area contributed by atoms with Crippen molar-refractivity contribution in [2.75, 3.05) is 6.26 Å². The molecule has 0 unspecified atom stereocenters. The second-order valence-electron chi connectivity index (χ2n) is 8.38. The van der Waals surface area contributed by atoms with E-state index in [4.69, 9.17) is 4.74 Å². The second-order valence-corrected chi connectivity index (χ2v) is 13.7. The summed E-state index contributed by atoms with van der Waals surface area (Å²) in [5, 5.41) is 2.59. The minimum Gasteiger partial charge on any atom is -0.444 e. The summed E-state index contributed by atoms with van der Waals surface area (Å²) in [5.74, 6) is 0. The number of benzene rings is 2. The summed E-state index contributed by atoms with van der Waals surface area (Å²) >= 11 is 1.00. The van der Waals surface area contributed by atoms with E-state index in [1.54, 1.807) is 51.1 Å². The maximum atomic E-state index is 13.2. The van der Waals surface area contributed by atoms with E-state index in [0.29, 0.717) is 16.0 Å². The van der Waals surface area contributed by atoms with E-state index >= 15 is 0 Å². The molecule has 0 spiro atoms. The number of hydrogen-bond donors (Lipinski definition) is 1. The fourth-order valence-corrected chi connectivity index (χ4v) is 6.74. The lowest BCUT2D eigenvalue weighted by molar-refractivity contribution is 0.0524. The Morgan fingerprint density at radius 3 is 2.24 bits per heavy atom. The molecule has 3 rings (SSSR count). The van der Waals surface area contributed by atoms with Gasteiger partial charge < -0.3 is 10.1 Å². The summed E-state index contributed by atoms with van der Waals surface area (Å²) in [6.45, 7) is 5.35. The smallest absolute Gasteiger partial charge is 0.407 e. The third-order valence-corrected chi connectivity index (χ3v) is 8.92. The van der Waals surface area contributed by atoms with Crippen molar-refractivity contribution >= 4 is 37.1 Å². The van der Waals surface area contributed by atoms with Crippen molar-refractivity contribution < 1.29 is 26.4 Å². The molecule has 0 aliphatic carbocycles. The third-order valence-electron chi connectivity index (χ3n) is 4.46. The van der Waals surface area contributed by atoms with E-state index in [1.807, 2.05) is 6.07 Å². The average Bonchev–Trinajstić information content (AvgIpc) is 3.21. The number of amides is 1. The first-order chi connectivity index (χ1) is 15.3. The molecule has 0 saturated heterocycles. The molecule has 1 amide bonds. The van der Waals surface area contributed by atoms with E-state index in [9.17, 15) is 21.6 Å². The van der Waals surface area contributed by atoms with Gasteiger partial charge in [-0.2, -0.15) is 0 Å². The molecule has 0 saturated carbocycles. The van der Waals surface area contributed by atoms with Gasteiger partial charge in [-0.1, -0.05) is 36.4 Å². The maximum absolute atomic E-state index is 13.2. The summed E-state index contributed by atoms with van der Waals surface area (Å²) in [4.78, 5) is 12.3. The lowest BCUT2D eigenvalue weighted by atomic mass is 10.1. The Morgan fingerprint density at radius 2 is 1.64 bits per heavy atom. The number of rotatable bonds is 6. The molecule has 1 aromatic heterocycles. The molecule has 176 valence electrons. The van der Waals surface area contributed by atoms with Crippen molar-refractivity contribution in [1.29, 1.82) is 0 Å². The summed E-state index contributed by atoms with van der Waals surface area (Å²) in [6.07, 6.45) is 0.450. The Balaban J connectivity index is 1.90. The van der Waals surface area contributed by atoms with Gasteiger partial charge in [0.25, 0.3) is 0 Å². The van der Waals surface area contributed by atoms with Crippen LogP contribution in [0.25, 0.3) is 11.1 Å². The minimum atomic E-state index is -3.96. The Kier molecular flexibility index (Phi) is 7.01. The molecular weight excluding hydrogens is 482 g/mol. The second kappa shape index (κ2) is 9.28. The number of nitrogens with one attached hydrogen (secondary N) is 1. The lowest BCUT2D eigenvalue weighted by Crippen LogP contribution is -2.31. The Hall–Kier alpha value is -2.69. The SMILES string of the molecule is CC(C)(C)OC(=O)NCc1ccc(S(=O)(=O)c2ccc(-c3ccccc3)c(S(C)(=O)=O)c2)s1. The predicted octanol–water partition coefficient (Wildman–Crippen LogP) is 4.68. The Labute approximate surface area is 198 Å². The van der Waals surface area contributed by atoms with Crippen LogP contribution in [-0.2, 0) is 31.0 Å². The standard InChI is InChI=1S/C23H25NO6S3/c1-23(2,3)30-22(25)24-15-17-10-13-21(31-17)33(28,29)18-11-12-19(16-8-6-5-7-9-16)20(14-18)32(4,26)27/h5-14H,15H2,1-4H3,(H,24,25). The molecule has 0 aliphatic heterocycles. The normalized spacial score (nSPS) is 12.4. The first kappa shape index (κ1) is 24.9. The highest BCUT2D eigenvalue weighted by Gasteiger charge is 2.24. The molecule has 0 bridgehead atoms. The monoisotopic (exact) mass is 507 g/mol.